The van der Waals surface area contributed by atoms with Gasteiger partial charge in [-0.05, 0) is 30.5 Å². The number of methoxy groups -OCH3 is 1. The maximum absolute atomic E-state index is 10.3. The normalized spacial score (nSPS) is 17.9. The molecule has 0 aliphatic carbocycles. The summed E-state index contributed by atoms with van der Waals surface area (Å²) in [4.78, 5) is 0. The van der Waals surface area contributed by atoms with Gasteiger partial charge in [-0.2, -0.15) is 0 Å². The van der Waals surface area contributed by atoms with Crippen LogP contribution in [0.25, 0.3) is 0 Å². The maximum Gasteiger partial charge on any atom is 0.122 e. The number of aliphatic hydroxyl groups is 1. The van der Waals surface area contributed by atoms with Gasteiger partial charge in [0.1, 0.15) is 5.75 Å². The molecule has 0 spiro atoms. The summed E-state index contributed by atoms with van der Waals surface area (Å²) in [7, 11) is 1.66. The molecule has 2 unspecified atom stereocenters. The van der Waals surface area contributed by atoms with Gasteiger partial charge in [-0.1, -0.05) is 19.1 Å². The lowest BCUT2D eigenvalue weighted by Crippen LogP contribution is -2.40. The number of rotatable bonds is 8. The molecular formula is C17H27NO3. The van der Waals surface area contributed by atoms with Crippen LogP contribution in [0.4, 0.5) is 0 Å². The van der Waals surface area contributed by atoms with E-state index >= 15 is 0 Å². The predicted octanol–water partition coefficient (Wildman–Crippen LogP) is 2.45. The van der Waals surface area contributed by atoms with Crippen molar-refractivity contribution in [3.8, 4) is 5.75 Å². The predicted molar refractivity (Wildman–Crippen MR) is 83.8 cm³/mol. The average Bonchev–Trinajstić information content (AvgIpc) is 2.93. The monoisotopic (exact) mass is 293 g/mol. The Morgan fingerprint density at radius 2 is 2.29 bits per heavy atom. The van der Waals surface area contributed by atoms with Gasteiger partial charge in [0.25, 0.3) is 0 Å². The van der Waals surface area contributed by atoms with E-state index in [-0.39, 0.29) is 6.04 Å². The SMILES string of the molecule is CCC(NCC(C)(O)CCOC)c1ccc2c(c1)CCO2. The highest BCUT2D eigenvalue weighted by Crippen LogP contribution is 2.29. The van der Waals surface area contributed by atoms with Gasteiger partial charge in [-0.3, -0.25) is 0 Å². The van der Waals surface area contributed by atoms with Crippen molar-refractivity contribution in [3.63, 3.8) is 0 Å². The molecule has 0 bridgehead atoms. The molecule has 2 rings (SSSR count). The van der Waals surface area contributed by atoms with E-state index in [4.69, 9.17) is 9.47 Å². The molecule has 4 nitrogen and oxygen atoms in total. The van der Waals surface area contributed by atoms with E-state index in [0.29, 0.717) is 19.6 Å². The molecule has 21 heavy (non-hydrogen) atoms. The highest BCUT2D eigenvalue weighted by molar-refractivity contribution is 5.40. The summed E-state index contributed by atoms with van der Waals surface area (Å²) in [6.07, 6.45) is 2.61. The number of hydrogen-bond donors (Lipinski definition) is 2. The highest BCUT2D eigenvalue weighted by Gasteiger charge is 2.22. The van der Waals surface area contributed by atoms with Crippen molar-refractivity contribution < 1.29 is 14.6 Å². The quantitative estimate of drug-likeness (QED) is 0.773. The molecule has 1 aliphatic heterocycles. The van der Waals surface area contributed by atoms with E-state index in [1.165, 1.54) is 11.1 Å². The molecule has 0 aromatic heterocycles. The first-order valence-electron chi connectivity index (χ1n) is 7.76. The van der Waals surface area contributed by atoms with E-state index in [1.54, 1.807) is 7.11 Å². The van der Waals surface area contributed by atoms with Crippen LogP contribution < -0.4 is 10.1 Å². The Morgan fingerprint density at radius 1 is 1.48 bits per heavy atom. The van der Waals surface area contributed by atoms with Gasteiger partial charge < -0.3 is 19.9 Å². The van der Waals surface area contributed by atoms with Crippen molar-refractivity contribution in [2.45, 2.75) is 44.8 Å². The second kappa shape index (κ2) is 7.25. The van der Waals surface area contributed by atoms with Crippen LogP contribution in [0.1, 0.15) is 43.9 Å². The topological polar surface area (TPSA) is 50.7 Å². The summed E-state index contributed by atoms with van der Waals surface area (Å²) in [6.45, 7) is 5.92. The molecule has 2 atom stereocenters. The summed E-state index contributed by atoms with van der Waals surface area (Å²) >= 11 is 0. The van der Waals surface area contributed by atoms with Gasteiger partial charge in [0.15, 0.2) is 0 Å². The lowest BCUT2D eigenvalue weighted by Gasteiger charge is -2.27. The standard InChI is InChI=1S/C17H27NO3/c1-4-15(18-12-17(2,19)8-10-20-3)13-5-6-16-14(11-13)7-9-21-16/h5-6,11,15,18-19H,4,7-10,12H2,1-3H3. The van der Waals surface area contributed by atoms with Crippen LogP contribution in [0.5, 0.6) is 5.75 Å². The van der Waals surface area contributed by atoms with Gasteiger partial charge in [-0.15, -0.1) is 0 Å². The first-order chi connectivity index (χ1) is 10.1. The Labute approximate surface area is 127 Å². The first-order valence-corrected chi connectivity index (χ1v) is 7.76. The highest BCUT2D eigenvalue weighted by atomic mass is 16.5. The van der Waals surface area contributed by atoms with Crippen LogP contribution in [-0.2, 0) is 11.2 Å². The van der Waals surface area contributed by atoms with E-state index in [0.717, 1.165) is 25.2 Å². The summed E-state index contributed by atoms with van der Waals surface area (Å²) in [6, 6.07) is 6.66. The third kappa shape index (κ3) is 4.43. The molecule has 2 N–H and O–H groups in total. The van der Waals surface area contributed by atoms with Gasteiger partial charge in [-0.25, -0.2) is 0 Å². The molecule has 118 valence electrons. The fourth-order valence-corrected chi connectivity index (χ4v) is 2.67. The van der Waals surface area contributed by atoms with Crippen LogP contribution in [0.3, 0.4) is 0 Å². The fourth-order valence-electron chi connectivity index (χ4n) is 2.67. The van der Waals surface area contributed by atoms with Gasteiger partial charge in [0.05, 0.1) is 12.2 Å². The maximum atomic E-state index is 10.3. The molecule has 0 saturated heterocycles. The van der Waals surface area contributed by atoms with Crippen molar-refractivity contribution in [1.29, 1.82) is 0 Å². The second-order valence-corrected chi connectivity index (χ2v) is 6.05. The van der Waals surface area contributed by atoms with Crippen molar-refractivity contribution in [2.24, 2.45) is 0 Å². The van der Waals surface area contributed by atoms with Gasteiger partial charge >= 0.3 is 0 Å². The van der Waals surface area contributed by atoms with Crippen molar-refractivity contribution in [2.75, 3.05) is 26.9 Å². The zero-order valence-electron chi connectivity index (χ0n) is 13.3. The van der Waals surface area contributed by atoms with Crippen LogP contribution in [0.15, 0.2) is 18.2 Å². The second-order valence-electron chi connectivity index (χ2n) is 6.05. The van der Waals surface area contributed by atoms with Crippen molar-refractivity contribution in [1.82, 2.24) is 5.32 Å². The largest absolute Gasteiger partial charge is 0.493 e. The lowest BCUT2D eigenvalue weighted by atomic mass is 9.98. The molecule has 4 heteroatoms. The minimum atomic E-state index is -0.747. The Hall–Kier alpha value is -1.10. The molecule has 0 saturated carbocycles. The van der Waals surface area contributed by atoms with Crippen molar-refractivity contribution >= 4 is 0 Å². The molecule has 1 aromatic rings. The third-order valence-corrected chi connectivity index (χ3v) is 4.10. The molecular weight excluding hydrogens is 266 g/mol. The molecule has 1 aliphatic rings. The van der Waals surface area contributed by atoms with Crippen molar-refractivity contribution in [3.05, 3.63) is 29.3 Å². The Kier molecular flexibility index (Phi) is 5.62. The number of fused-ring (bicyclic) bond motifs is 1. The number of hydrogen-bond acceptors (Lipinski definition) is 4. The summed E-state index contributed by atoms with van der Waals surface area (Å²) in [5.74, 6) is 1.01. The van der Waals surface area contributed by atoms with Crippen LogP contribution >= 0.6 is 0 Å². The summed E-state index contributed by atoms with van der Waals surface area (Å²) in [5.41, 5.74) is 1.81. The van der Waals surface area contributed by atoms with Crippen LogP contribution in [0, 0.1) is 0 Å². The Morgan fingerprint density at radius 3 is 3.00 bits per heavy atom. The molecule has 0 amide bonds. The smallest absolute Gasteiger partial charge is 0.122 e. The zero-order valence-corrected chi connectivity index (χ0v) is 13.3. The third-order valence-electron chi connectivity index (χ3n) is 4.10. The number of nitrogens with one attached hydrogen (secondary N) is 1. The minimum absolute atomic E-state index is 0.255. The zero-order chi connectivity index (χ0) is 15.3. The average molecular weight is 293 g/mol. The number of ether oxygens (including phenoxy) is 2. The molecule has 1 aromatic carbocycles. The van der Waals surface area contributed by atoms with E-state index in [9.17, 15) is 5.11 Å². The molecule has 1 heterocycles. The molecule has 0 radical (unpaired) electrons. The fraction of sp³-hybridized carbons (Fsp3) is 0.647. The van der Waals surface area contributed by atoms with Gasteiger partial charge in [0.2, 0.25) is 0 Å². The first kappa shape index (κ1) is 16.3. The summed E-state index contributed by atoms with van der Waals surface area (Å²) in [5, 5.41) is 13.8. The Bertz CT molecular complexity index is 459. The van der Waals surface area contributed by atoms with E-state index < -0.39 is 5.60 Å². The molecule has 0 fully saturated rings. The van der Waals surface area contributed by atoms with Crippen LogP contribution in [0.2, 0.25) is 0 Å². The lowest BCUT2D eigenvalue weighted by molar-refractivity contribution is 0.0226. The minimum Gasteiger partial charge on any atom is -0.493 e. The Balaban J connectivity index is 1.96. The number of benzene rings is 1. The summed E-state index contributed by atoms with van der Waals surface area (Å²) < 4.78 is 10.6. The van der Waals surface area contributed by atoms with E-state index in [1.807, 2.05) is 6.92 Å². The van der Waals surface area contributed by atoms with Gasteiger partial charge in [0, 0.05) is 39.1 Å². The van der Waals surface area contributed by atoms with E-state index in [2.05, 4.69) is 30.4 Å². The van der Waals surface area contributed by atoms with Crippen LogP contribution in [-0.4, -0.2) is 37.6 Å².